The van der Waals surface area contributed by atoms with E-state index < -0.39 is 18.5 Å². The van der Waals surface area contributed by atoms with Crippen LogP contribution < -0.4 is 21.4 Å². The van der Waals surface area contributed by atoms with Crippen molar-refractivity contribution in [3.63, 3.8) is 0 Å². The van der Waals surface area contributed by atoms with E-state index in [9.17, 15) is 22.4 Å². The second-order valence-corrected chi connectivity index (χ2v) is 7.38. The van der Waals surface area contributed by atoms with Crippen LogP contribution in [0.4, 0.5) is 23.5 Å². The minimum atomic E-state index is -4.44. The quantitative estimate of drug-likeness (QED) is 0.636. The molecular formula is C21H20F4N6O2. The first kappa shape index (κ1) is 22.4. The summed E-state index contributed by atoms with van der Waals surface area (Å²) >= 11 is 0. The molecule has 2 aromatic rings. The molecule has 4 rings (SSSR count). The van der Waals surface area contributed by atoms with Crippen molar-refractivity contribution >= 4 is 11.5 Å². The van der Waals surface area contributed by atoms with Gasteiger partial charge in [-0.3, -0.25) is 9.99 Å². The maximum absolute atomic E-state index is 13.1. The van der Waals surface area contributed by atoms with Crippen LogP contribution in [0.25, 0.3) is 5.57 Å². The molecule has 3 heterocycles. The summed E-state index contributed by atoms with van der Waals surface area (Å²) in [5.41, 5.74) is 7.21. The van der Waals surface area contributed by atoms with E-state index in [1.54, 1.807) is 12.1 Å². The number of halogens is 4. The van der Waals surface area contributed by atoms with Gasteiger partial charge < -0.3 is 15.1 Å². The number of nitrogens with one attached hydrogen (secondary N) is 2. The highest BCUT2D eigenvalue weighted by molar-refractivity contribution is 5.68. The van der Waals surface area contributed by atoms with Crippen molar-refractivity contribution < 1.29 is 22.3 Å². The molecule has 0 bridgehead atoms. The Bertz CT molecular complexity index is 1150. The smallest absolute Gasteiger partial charge is 0.422 e. The summed E-state index contributed by atoms with van der Waals surface area (Å²) in [5.74, 6) is -0.0720. The number of hydrogen-bond donors (Lipinski definition) is 2. The molecule has 0 unspecified atom stereocenters. The molecule has 0 spiro atoms. The molecule has 0 saturated carbocycles. The van der Waals surface area contributed by atoms with Crippen LogP contribution in [-0.2, 0) is 11.3 Å². The van der Waals surface area contributed by atoms with Crippen LogP contribution in [0, 0.1) is 5.82 Å². The Hall–Kier alpha value is -3.83. The average molecular weight is 464 g/mol. The topological polar surface area (TPSA) is 84.3 Å². The molecule has 12 heteroatoms. The standard InChI is InChI=1S/C21H20F4N6O2/c22-16-3-1-14(2-4-16)15-7-9-30(10-8-15)19-26-13-31(20(32)27-19)11-17-5-6-18(29-28-17)33-12-21(23,24)25/h1-7,13,28-29H,8-12H2. The first-order chi connectivity index (χ1) is 15.8. The highest BCUT2D eigenvalue weighted by atomic mass is 19.4. The molecule has 0 amide bonds. The lowest BCUT2D eigenvalue weighted by Crippen LogP contribution is -2.38. The van der Waals surface area contributed by atoms with Gasteiger partial charge in [0.2, 0.25) is 11.8 Å². The lowest BCUT2D eigenvalue weighted by molar-refractivity contribution is -0.166. The molecule has 174 valence electrons. The molecule has 33 heavy (non-hydrogen) atoms. The minimum absolute atomic E-state index is 0.0871. The molecule has 0 saturated heterocycles. The zero-order chi connectivity index (χ0) is 23.4. The fraction of sp³-hybridized carbons (Fsp3) is 0.286. The number of hydrogen-bond acceptors (Lipinski definition) is 7. The Kier molecular flexibility index (Phi) is 6.33. The summed E-state index contributed by atoms with van der Waals surface area (Å²) in [6, 6.07) is 6.31. The van der Waals surface area contributed by atoms with Crippen LogP contribution in [0.2, 0.25) is 0 Å². The number of anilines is 1. The van der Waals surface area contributed by atoms with Crippen LogP contribution in [-0.4, -0.2) is 40.4 Å². The molecule has 1 aromatic carbocycles. The zero-order valence-electron chi connectivity index (χ0n) is 17.3. The van der Waals surface area contributed by atoms with Crippen molar-refractivity contribution in [2.75, 3.05) is 24.6 Å². The van der Waals surface area contributed by atoms with Crippen molar-refractivity contribution in [1.29, 1.82) is 0 Å². The monoisotopic (exact) mass is 464 g/mol. The van der Waals surface area contributed by atoms with Crippen LogP contribution in [0.15, 0.2) is 65.2 Å². The summed E-state index contributed by atoms with van der Waals surface area (Å²) in [4.78, 5) is 22.6. The Morgan fingerprint density at radius 1 is 1.12 bits per heavy atom. The van der Waals surface area contributed by atoms with Gasteiger partial charge in [-0.15, -0.1) is 0 Å². The van der Waals surface area contributed by atoms with Crippen LogP contribution in [0.5, 0.6) is 0 Å². The normalized spacial score (nSPS) is 16.2. The van der Waals surface area contributed by atoms with Gasteiger partial charge >= 0.3 is 11.9 Å². The molecule has 0 fully saturated rings. The molecule has 0 atom stereocenters. The molecular weight excluding hydrogens is 444 g/mol. The fourth-order valence-electron chi connectivity index (χ4n) is 3.31. The Morgan fingerprint density at radius 2 is 1.91 bits per heavy atom. The van der Waals surface area contributed by atoms with E-state index in [0.29, 0.717) is 31.2 Å². The van der Waals surface area contributed by atoms with Gasteiger partial charge in [-0.05, 0) is 35.8 Å². The van der Waals surface area contributed by atoms with Gasteiger partial charge in [-0.25, -0.2) is 14.2 Å². The van der Waals surface area contributed by atoms with Gasteiger partial charge in [0.05, 0.1) is 12.2 Å². The zero-order valence-corrected chi connectivity index (χ0v) is 17.3. The third-order valence-corrected chi connectivity index (χ3v) is 4.98. The highest BCUT2D eigenvalue weighted by Gasteiger charge is 2.29. The van der Waals surface area contributed by atoms with Crippen LogP contribution in [0.1, 0.15) is 12.0 Å². The minimum Gasteiger partial charge on any atom is -0.468 e. The Morgan fingerprint density at radius 3 is 2.52 bits per heavy atom. The lowest BCUT2D eigenvalue weighted by Gasteiger charge is -2.26. The number of allylic oxidation sites excluding steroid dienone is 3. The third kappa shape index (κ3) is 5.90. The lowest BCUT2D eigenvalue weighted by atomic mass is 10.00. The Labute approximate surface area is 185 Å². The van der Waals surface area contributed by atoms with Crippen molar-refractivity contribution in [2.24, 2.45) is 0 Å². The van der Waals surface area contributed by atoms with E-state index in [0.717, 1.165) is 11.1 Å². The van der Waals surface area contributed by atoms with Gasteiger partial charge in [0.25, 0.3) is 0 Å². The predicted molar refractivity (Wildman–Crippen MR) is 112 cm³/mol. The van der Waals surface area contributed by atoms with Gasteiger partial charge in [0.1, 0.15) is 12.1 Å². The first-order valence-corrected chi connectivity index (χ1v) is 10.0. The number of benzene rings is 1. The van der Waals surface area contributed by atoms with Crippen molar-refractivity contribution in [3.8, 4) is 0 Å². The largest absolute Gasteiger partial charge is 0.468 e. The maximum Gasteiger partial charge on any atom is 0.422 e. The van der Waals surface area contributed by atoms with Crippen molar-refractivity contribution in [2.45, 2.75) is 19.1 Å². The molecule has 2 aliphatic heterocycles. The molecule has 0 aliphatic carbocycles. The molecule has 1 aromatic heterocycles. The van der Waals surface area contributed by atoms with Gasteiger partial charge in [-0.2, -0.15) is 18.2 Å². The average Bonchev–Trinajstić information content (AvgIpc) is 2.80. The van der Waals surface area contributed by atoms with Gasteiger partial charge in [0, 0.05) is 19.2 Å². The second-order valence-electron chi connectivity index (χ2n) is 7.38. The second kappa shape index (κ2) is 9.35. The van der Waals surface area contributed by atoms with E-state index in [1.165, 1.54) is 35.2 Å². The summed E-state index contributed by atoms with van der Waals surface area (Å²) < 4.78 is 55.6. The van der Waals surface area contributed by atoms with E-state index in [1.807, 2.05) is 11.0 Å². The maximum atomic E-state index is 13.1. The summed E-state index contributed by atoms with van der Waals surface area (Å²) in [7, 11) is 0. The van der Waals surface area contributed by atoms with E-state index >= 15 is 0 Å². The number of nitrogens with zero attached hydrogens (tertiary/aromatic N) is 4. The predicted octanol–water partition coefficient (Wildman–Crippen LogP) is 2.48. The number of ether oxygens (including phenoxy) is 1. The summed E-state index contributed by atoms with van der Waals surface area (Å²) in [5, 5.41) is 0. The highest BCUT2D eigenvalue weighted by Crippen LogP contribution is 2.24. The van der Waals surface area contributed by atoms with E-state index in [2.05, 4.69) is 25.6 Å². The molecule has 2 aliphatic rings. The van der Waals surface area contributed by atoms with Crippen LogP contribution in [0.3, 0.4) is 0 Å². The van der Waals surface area contributed by atoms with Crippen molar-refractivity contribution in [3.05, 3.63) is 82.3 Å². The number of alkyl halides is 3. The van der Waals surface area contributed by atoms with Gasteiger partial charge in [0.15, 0.2) is 6.61 Å². The Balaban J connectivity index is 1.37. The fourth-order valence-corrected chi connectivity index (χ4v) is 3.31. The van der Waals surface area contributed by atoms with E-state index in [4.69, 9.17) is 0 Å². The molecule has 2 N–H and O–H groups in total. The van der Waals surface area contributed by atoms with Crippen molar-refractivity contribution in [1.82, 2.24) is 25.4 Å². The van der Waals surface area contributed by atoms with Crippen LogP contribution >= 0.6 is 0 Å². The number of hydrazine groups is 1. The first-order valence-electron chi connectivity index (χ1n) is 10.0. The van der Waals surface area contributed by atoms with E-state index in [-0.39, 0.29) is 18.2 Å². The summed E-state index contributed by atoms with van der Waals surface area (Å²) in [6.07, 6.45) is 2.45. The molecule has 0 radical (unpaired) electrons. The third-order valence-electron chi connectivity index (χ3n) is 4.98. The SMILES string of the molecule is O=c1nc(N2CC=C(c3ccc(F)cc3)CC2)ncn1CC1=CC=C(OCC(F)(F)F)NN1. The van der Waals surface area contributed by atoms with Gasteiger partial charge in [-0.1, -0.05) is 18.2 Å². The number of rotatable bonds is 6. The summed E-state index contributed by atoms with van der Waals surface area (Å²) in [6.45, 7) is -0.209. The molecule has 8 nitrogen and oxygen atoms in total. The number of aromatic nitrogens is 3.